The predicted molar refractivity (Wildman–Crippen MR) is 116 cm³/mol. The summed E-state index contributed by atoms with van der Waals surface area (Å²) in [7, 11) is -3.82. The number of amides is 1. The maximum Gasteiger partial charge on any atom is 0.264 e. The molecule has 0 spiro atoms. The van der Waals surface area contributed by atoms with Crippen LogP contribution in [0, 0.1) is 0 Å². The number of hydrogen-bond donors (Lipinski definition) is 1. The number of allylic oxidation sites excluding steroid dienone is 1. The van der Waals surface area contributed by atoms with E-state index < -0.39 is 16.1 Å². The minimum absolute atomic E-state index is 0.0667. The van der Waals surface area contributed by atoms with Gasteiger partial charge in [-0.05, 0) is 56.4 Å². The van der Waals surface area contributed by atoms with Gasteiger partial charge in [0.2, 0.25) is 0 Å². The highest BCUT2D eigenvalue weighted by Crippen LogP contribution is 2.36. The molecule has 1 unspecified atom stereocenters. The quantitative estimate of drug-likeness (QED) is 0.716. The van der Waals surface area contributed by atoms with Gasteiger partial charge in [-0.3, -0.25) is 9.10 Å². The first kappa shape index (κ1) is 20.5. The molecular weight excluding hydrogens is 400 g/mol. The van der Waals surface area contributed by atoms with E-state index in [4.69, 9.17) is 4.74 Å². The molecule has 1 aliphatic heterocycles. The van der Waals surface area contributed by atoms with E-state index in [0.29, 0.717) is 18.0 Å². The number of sulfonamides is 1. The standard InChI is InChI=1S/C23H26N2O4S/c26-23(24-16-15-18-9-3-1-4-10-18)22-17-25(20-13-7-8-14-21(20)29-22)30(27,28)19-11-5-2-6-12-19/h2,5-9,11-14,22H,1,3-4,10,15-17H2,(H,24,26). The molecule has 4 rings (SSSR count). The Hall–Kier alpha value is -2.80. The van der Waals surface area contributed by atoms with Crippen molar-refractivity contribution in [3.8, 4) is 5.75 Å². The number of rotatable bonds is 6. The van der Waals surface area contributed by atoms with Gasteiger partial charge in [0.1, 0.15) is 5.75 Å². The van der Waals surface area contributed by atoms with Crippen LogP contribution >= 0.6 is 0 Å². The Kier molecular flexibility index (Phi) is 6.08. The highest BCUT2D eigenvalue weighted by molar-refractivity contribution is 7.92. The van der Waals surface area contributed by atoms with Crippen LogP contribution in [-0.4, -0.2) is 33.5 Å². The van der Waals surface area contributed by atoms with Crippen LogP contribution in [0.25, 0.3) is 0 Å². The molecule has 1 N–H and O–H groups in total. The molecule has 2 aliphatic rings. The van der Waals surface area contributed by atoms with Gasteiger partial charge in [0, 0.05) is 6.54 Å². The Morgan fingerprint density at radius 3 is 2.60 bits per heavy atom. The topological polar surface area (TPSA) is 75.7 Å². The third-order valence-electron chi connectivity index (χ3n) is 5.49. The maximum absolute atomic E-state index is 13.3. The Labute approximate surface area is 177 Å². The number of carbonyl (C=O) groups excluding carboxylic acids is 1. The zero-order valence-corrected chi connectivity index (χ0v) is 17.6. The largest absolute Gasteiger partial charge is 0.476 e. The van der Waals surface area contributed by atoms with Crippen molar-refractivity contribution in [2.24, 2.45) is 0 Å². The number of nitrogens with zero attached hydrogens (tertiary/aromatic N) is 1. The smallest absolute Gasteiger partial charge is 0.264 e. The summed E-state index contributed by atoms with van der Waals surface area (Å²) in [5.41, 5.74) is 1.82. The second kappa shape index (κ2) is 8.92. The second-order valence-corrected chi connectivity index (χ2v) is 9.43. The molecule has 7 heteroatoms. The van der Waals surface area contributed by atoms with Crippen molar-refractivity contribution in [1.29, 1.82) is 0 Å². The first-order valence-corrected chi connectivity index (χ1v) is 11.8. The van der Waals surface area contributed by atoms with Gasteiger partial charge in [0.15, 0.2) is 6.10 Å². The highest BCUT2D eigenvalue weighted by Gasteiger charge is 2.37. The molecule has 30 heavy (non-hydrogen) atoms. The lowest BCUT2D eigenvalue weighted by Crippen LogP contribution is -2.50. The van der Waals surface area contributed by atoms with E-state index in [2.05, 4.69) is 11.4 Å². The average Bonchev–Trinajstić information content (AvgIpc) is 2.79. The average molecular weight is 427 g/mol. The van der Waals surface area contributed by atoms with Crippen LogP contribution < -0.4 is 14.4 Å². The minimum atomic E-state index is -3.82. The summed E-state index contributed by atoms with van der Waals surface area (Å²) in [6.45, 7) is 0.459. The first-order valence-electron chi connectivity index (χ1n) is 10.3. The molecule has 0 saturated carbocycles. The van der Waals surface area contributed by atoms with Crippen molar-refractivity contribution < 1.29 is 17.9 Å². The number of benzene rings is 2. The first-order chi connectivity index (χ1) is 14.6. The summed E-state index contributed by atoms with van der Waals surface area (Å²) >= 11 is 0. The van der Waals surface area contributed by atoms with E-state index >= 15 is 0 Å². The lowest BCUT2D eigenvalue weighted by atomic mass is 9.97. The summed E-state index contributed by atoms with van der Waals surface area (Å²) in [4.78, 5) is 13.0. The van der Waals surface area contributed by atoms with Gasteiger partial charge in [0.05, 0.1) is 17.1 Å². The van der Waals surface area contributed by atoms with E-state index in [1.165, 1.54) is 22.7 Å². The number of fused-ring (bicyclic) bond motifs is 1. The van der Waals surface area contributed by atoms with E-state index in [0.717, 1.165) is 19.3 Å². The van der Waals surface area contributed by atoms with Crippen molar-refractivity contribution in [3.63, 3.8) is 0 Å². The van der Waals surface area contributed by atoms with Crippen LogP contribution in [0.2, 0.25) is 0 Å². The Morgan fingerprint density at radius 1 is 1.07 bits per heavy atom. The van der Waals surface area contributed by atoms with Crippen LogP contribution in [0.5, 0.6) is 5.75 Å². The summed E-state index contributed by atoms with van der Waals surface area (Å²) in [6.07, 6.45) is 6.81. The molecule has 2 aromatic carbocycles. The number of anilines is 1. The van der Waals surface area contributed by atoms with Crippen LogP contribution in [0.15, 0.2) is 71.1 Å². The Bertz CT molecular complexity index is 1030. The van der Waals surface area contributed by atoms with Crippen molar-refractivity contribution in [2.45, 2.75) is 43.1 Å². The van der Waals surface area contributed by atoms with Crippen molar-refractivity contribution in [2.75, 3.05) is 17.4 Å². The molecule has 2 aromatic rings. The summed E-state index contributed by atoms with van der Waals surface area (Å²) in [6, 6.07) is 15.2. The van der Waals surface area contributed by atoms with Gasteiger partial charge in [-0.2, -0.15) is 0 Å². The molecule has 0 fully saturated rings. The van der Waals surface area contributed by atoms with Gasteiger partial charge >= 0.3 is 0 Å². The van der Waals surface area contributed by atoms with Crippen LogP contribution in [0.1, 0.15) is 32.1 Å². The number of para-hydroxylation sites is 2. The van der Waals surface area contributed by atoms with Crippen LogP contribution in [0.3, 0.4) is 0 Å². The van der Waals surface area contributed by atoms with Crippen molar-refractivity contribution in [1.82, 2.24) is 5.32 Å². The van der Waals surface area contributed by atoms with Crippen LogP contribution in [0.4, 0.5) is 5.69 Å². The lowest BCUT2D eigenvalue weighted by molar-refractivity contribution is -0.127. The molecule has 0 aromatic heterocycles. The Balaban J connectivity index is 1.51. The lowest BCUT2D eigenvalue weighted by Gasteiger charge is -2.34. The van der Waals surface area contributed by atoms with Crippen LogP contribution in [-0.2, 0) is 14.8 Å². The van der Waals surface area contributed by atoms with E-state index in [1.54, 1.807) is 54.6 Å². The third kappa shape index (κ3) is 4.36. The highest BCUT2D eigenvalue weighted by atomic mass is 32.2. The van der Waals surface area contributed by atoms with E-state index in [1.807, 2.05) is 0 Å². The van der Waals surface area contributed by atoms with Gasteiger partial charge in [0.25, 0.3) is 15.9 Å². The molecule has 0 radical (unpaired) electrons. The zero-order valence-electron chi connectivity index (χ0n) is 16.8. The minimum Gasteiger partial charge on any atom is -0.476 e. The summed E-state index contributed by atoms with van der Waals surface area (Å²) < 4.78 is 33.7. The SMILES string of the molecule is O=C(NCCC1=CCCCC1)C1CN(S(=O)(=O)c2ccccc2)c2ccccc2O1. The van der Waals surface area contributed by atoms with Gasteiger partial charge in [-0.1, -0.05) is 42.0 Å². The monoisotopic (exact) mass is 426 g/mol. The maximum atomic E-state index is 13.3. The number of ether oxygens (including phenoxy) is 1. The molecule has 0 bridgehead atoms. The fourth-order valence-electron chi connectivity index (χ4n) is 3.88. The summed E-state index contributed by atoms with van der Waals surface area (Å²) in [5, 5.41) is 2.92. The third-order valence-corrected chi connectivity index (χ3v) is 7.28. The number of hydrogen-bond acceptors (Lipinski definition) is 4. The molecule has 1 amide bonds. The zero-order chi connectivity index (χ0) is 21.0. The van der Waals surface area contributed by atoms with E-state index in [-0.39, 0.29) is 17.3 Å². The number of nitrogens with one attached hydrogen (secondary N) is 1. The molecule has 158 valence electrons. The molecule has 1 atom stereocenters. The molecule has 0 saturated heterocycles. The van der Waals surface area contributed by atoms with E-state index in [9.17, 15) is 13.2 Å². The molecule has 6 nitrogen and oxygen atoms in total. The fourth-order valence-corrected chi connectivity index (χ4v) is 5.37. The second-order valence-electron chi connectivity index (χ2n) is 7.57. The predicted octanol–water partition coefficient (Wildman–Crippen LogP) is 3.65. The van der Waals surface area contributed by atoms with Gasteiger partial charge in [-0.25, -0.2) is 8.42 Å². The van der Waals surface area contributed by atoms with Gasteiger partial charge < -0.3 is 10.1 Å². The normalized spacial score (nSPS) is 18.7. The summed E-state index contributed by atoms with van der Waals surface area (Å²) in [5.74, 6) is 0.0903. The Morgan fingerprint density at radius 2 is 1.83 bits per heavy atom. The molecule has 1 heterocycles. The fraction of sp³-hybridized carbons (Fsp3) is 0.348. The van der Waals surface area contributed by atoms with Crippen molar-refractivity contribution >= 4 is 21.6 Å². The molecular formula is C23H26N2O4S. The molecule has 1 aliphatic carbocycles. The number of carbonyl (C=O) groups is 1. The van der Waals surface area contributed by atoms with Gasteiger partial charge in [-0.15, -0.1) is 0 Å². The van der Waals surface area contributed by atoms with Crippen molar-refractivity contribution in [3.05, 3.63) is 66.2 Å².